The van der Waals surface area contributed by atoms with Crippen LogP contribution in [0.4, 0.5) is 5.69 Å². The number of nitrogens with zero attached hydrogens (tertiary/aromatic N) is 2. The predicted molar refractivity (Wildman–Crippen MR) is 140 cm³/mol. The zero-order chi connectivity index (χ0) is 24.5. The summed E-state index contributed by atoms with van der Waals surface area (Å²) >= 11 is 3.49. The van der Waals surface area contributed by atoms with Crippen LogP contribution in [0.3, 0.4) is 0 Å². The van der Waals surface area contributed by atoms with Gasteiger partial charge < -0.3 is 10.2 Å². The Morgan fingerprint density at radius 1 is 1.09 bits per heavy atom. The van der Waals surface area contributed by atoms with Gasteiger partial charge in [-0.15, -0.1) is 0 Å². The van der Waals surface area contributed by atoms with E-state index in [1.54, 1.807) is 17.9 Å². The van der Waals surface area contributed by atoms with Gasteiger partial charge in [-0.05, 0) is 55.0 Å². The van der Waals surface area contributed by atoms with Gasteiger partial charge in [0.15, 0.2) is 0 Å². The predicted octanol–water partition coefficient (Wildman–Crippen LogP) is 5.04. The van der Waals surface area contributed by atoms with Crippen molar-refractivity contribution in [3.8, 4) is 0 Å². The van der Waals surface area contributed by atoms with Crippen molar-refractivity contribution in [1.29, 1.82) is 0 Å². The van der Waals surface area contributed by atoms with E-state index in [9.17, 15) is 14.4 Å². The number of benzene rings is 3. The third-order valence-corrected chi connectivity index (χ3v) is 7.55. The van der Waals surface area contributed by atoms with Crippen molar-refractivity contribution in [2.45, 2.75) is 51.2 Å². The second kappa shape index (κ2) is 9.82. The van der Waals surface area contributed by atoms with Gasteiger partial charge in [-0.1, -0.05) is 65.2 Å². The molecule has 1 N–H and O–H groups in total. The molecule has 3 aromatic carbocycles. The molecule has 0 radical (unpaired) electrons. The molecule has 1 saturated carbocycles. The summed E-state index contributed by atoms with van der Waals surface area (Å²) < 4.78 is 0.905. The number of rotatable bonds is 7. The zero-order valence-electron chi connectivity index (χ0n) is 19.7. The Morgan fingerprint density at radius 3 is 2.54 bits per heavy atom. The second-order valence-electron chi connectivity index (χ2n) is 9.39. The highest BCUT2D eigenvalue weighted by Gasteiger charge is 2.34. The van der Waals surface area contributed by atoms with Crippen LogP contribution in [-0.4, -0.2) is 41.2 Å². The molecule has 1 atom stereocenters. The summed E-state index contributed by atoms with van der Waals surface area (Å²) in [4.78, 5) is 43.2. The number of carbonyl (C=O) groups is 3. The minimum absolute atomic E-state index is 0.123. The Balaban J connectivity index is 1.41. The van der Waals surface area contributed by atoms with Crippen molar-refractivity contribution in [1.82, 2.24) is 10.2 Å². The smallest absolute Gasteiger partial charge is 0.259 e. The van der Waals surface area contributed by atoms with Crippen LogP contribution in [0.5, 0.6) is 0 Å². The average molecular weight is 534 g/mol. The Bertz CT molecular complexity index is 1300. The van der Waals surface area contributed by atoms with Gasteiger partial charge in [0.2, 0.25) is 11.8 Å². The maximum absolute atomic E-state index is 13.7. The molecule has 0 spiro atoms. The Hall–Kier alpha value is -3.19. The second-order valence-corrected chi connectivity index (χ2v) is 10.3. The van der Waals surface area contributed by atoms with E-state index in [0.717, 1.165) is 52.2 Å². The molecular formula is C28H28BrN3O3. The topological polar surface area (TPSA) is 69.7 Å². The third kappa shape index (κ3) is 4.69. The van der Waals surface area contributed by atoms with Crippen molar-refractivity contribution < 1.29 is 14.4 Å². The minimum Gasteiger partial charge on any atom is -0.352 e. The summed E-state index contributed by atoms with van der Waals surface area (Å²) in [5.41, 5.74) is 2.25. The highest BCUT2D eigenvalue weighted by atomic mass is 79.9. The first-order valence-electron chi connectivity index (χ1n) is 12.1. The van der Waals surface area contributed by atoms with Crippen molar-refractivity contribution in [3.63, 3.8) is 0 Å². The van der Waals surface area contributed by atoms with E-state index in [4.69, 9.17) is 0 Å². The Kier molecular flexibility index (Phi) is 6.60. The van der Waals surface area contributed by atoms with Crippen LogP contribution in [0.2, 0.25) is 0 Å². The first-order valence-corrected chi connectivity index (χ1v) is 12.9. The van der Waals surface area contributed by atoms with Crippen LogP contribution < -0.4 is 10.2 Å². The molecule has 1 fully saturated rings. The molecule has 3 amide bonds. The van der Waals surface area contributed by atoms with E-state index in [1.807, 2.05) is 54.6 Å². The van der Waals surface area contributed by atoms with E-state index in [2.05, 4.69) is 21.2 Å². The molecule has 1 aliphatic heterocycles. The van der Waals surface area contributed by atoms with Crippen molar-refractivity contribution in [2.24, 2.45) is 0 Å². The first kappa shape index (κ1) is 23.5. The molecule has 1 heterocycles. The van der Waals surface area contributed by atoms with E-state index in [0.29, 0.717) is 5.56 Å². The third-order valence-electron chi connectivity index (χ3n) is 7.05. The van der Waals surface area contributed by atoms with Crippen LogP contribution in [0, 0.1) is 0 Å². The van der Waals surface area contributed by atoms with Gasteiger partial charge in [-0.25, -0.2) is 0 Å². The van der Waals surface area contributed by atoms with Crippen LogP contribution >= 0.6 is 15.9 Å². The summed E-state index contributed by atoms with van der Waals surface area (Å²) in [6, 6.07) is 18.6. The number of carbonyl (C=O) groups excluding carboxylic acids is 3. The quantitative estimate of drug-likeness (QED) is 0.462. The zero-order valence-corrected chi connectivity index (χ0v) is 21.3. The normalized spacial score (nSPS) is 16.1. The number of nitrogens with one attached hydrogen (secondary N) is 1. The van der Waals surface area contributed by atoms with Crippen molar-refractivity contribution in [2.75, 3.05) is 11.4 Å². The summed E-state index contributed by atoms with van der Waals surface area (Å²) in [6.07, 6.45) is 4.18. The summed E-state index contributed by atoms with van der Waals surface area (Å²) in [7, 11) is 0. The SMILES string of the molecule is C[C@@H](C(=O)NC1CCCC1)N(Cc1cccc(Br)c1)C(=O)CN1C(=O)c2cccc3cccc1c23. The largest absolute Gasteiger partial charge is 0.352 e. The molecule has 6 nitrogen and oxygen atoms in total. The highest BCUT2D eigenvalue weighted by Crippen LogP contribution is 2.37. The number of hydrogen-bond donors (Lipinski definition) is 1. The van der Waals surface area contributed by atoms with Crippen LogP contribution in [-0.2, 0) is 16.1 Å². The summed E-state index contributed by atoms with van der Waals surface area (Å²) in [5.74, 6) is -0.605. The van der Waals surface area contributed by atoms with Gasteiger partial charge >= 0.3 is 0 Å². The molecule has 1 aliphatic carbocycles. The summed E-state index contributed by atoms with van der Waals surface area (Å²) in [5, 5.41) is 4.97. The molecule has 0 unspecified atom stereocenters. The highest BCUT2D eigenvalue weighted by molar-refractivity contribution is 9.10. The molecule has 7 heteroatoms. The fourth-order valence-electron chi connectivity index (χ4n) is 5.17. The molecule has 0 saturated heterocycles. The lowest BCUT2D eigenvalue weighted by molar-refractivity contribution is -0.139. The fraction of sp³-hybridized carbons (Fsp3) is 0.321. The van der Waals surface area contributed by atoms with E-state index >= 15 is 0 Å². The lowest BCUT2D eigenvalue weighted by Gasteiger charge is -2.31. The fourth-order valence-corrected chi connectivity index (χ4v) is 5.62. The molecule has 35 heavy (non-hydrogen) atoms. The number of halogens is 1. The molecule has 0 aromatic heterocycles. The van der Waals surface area contributed by atoms with Gasteiger partial charge in [0, 0.05) is 28.0 Å². The summed E-state index contributed by atoms with van der Waals surface area (Å²) in [6.45, 7) is 1.92. The minimum atomic E-state index is -0.669. The average Bonchev–Trinajstić information content (AvgIpc) is 3.46. The number of anilines is 1. The first-order chi connectivity index (χ1) is 16.9. The molecule has 180 valence electrons. The maximum atomic E-state index is 13.7. The molecule has 0 bridgehead atoms. The van der Waals surface area contributed by atoms with Gasteiger partial charge in [-0.2, -0.15) is 0 Å². The van der Waals surface area contributed by atoms with Crippen LogP contribution in [0.15, 0.2) is 65.1 Å². The van der Waals surface area contributed by atoms with Gasteiger partial charge in [0.25, 0.3) is 5.91 Å². The Labute approximate surface area is 213 Å². The lowest BCUT2D eigenvalue weighted by Crippen LogP contribution is -2.52. The van der Waals surface area contributed by atoms with Crippen LogP contribution in [0.1, 0.15) is 48.5 Å². The molecule has 3 aromatic rings. The Morgan fingerprint density at radius 2 is 1.80 bits per heavy atom. The number of hydrogen-bond acceptors (Lipinski definition) is 3. The van der Waals surface area contributed by atoms with Crippen molar-refractivity contribution >= 4 is 50.1 Å². The molecule has 5 rings (SSSR count). The monoisotopic (exact) mass is 533 g/mol. The molecular weight excluding hydrogens is 506 g/mol. The van der Waals surface area contributed by atoms with Gasteiger partial charge in [-0.3, -0.25) is 19.3 Å². The van der Waals surface area contributed by atoms with Gasteiger partial charge in [0.1, 0.15) is 12.6 Å². The maximum Gasteiger partial charge on any atom is 0.259 e. The van der Waals surface area contributed by atoms with Crippen molar-refractivity contribution in [3.05, 3.63) is 76.3 Å². The standard InChI is InChI=1S/C28H28BrN3O3/c1-18(27(34)30-22-11-2-3-12-22)31(16-19-7-4-10-21(29)15-19)25(33)17-32-24-14-6-9-20-8-5-13-23(26(20)24)28(32)35/h4-10,13-15,18,22H,2-3,11-12,16-17H2,1H3,(H,30,34)/t18-/m0/s1. The van der Waals surface area contributed by atoms with E-state index < -0.39 is 6.04 Å². The lowest BCUT2D eigenvalue weighted by atomic mass is 10.1. The van der Waals surface area contributed by atoms with E-state index in [1.165, 1.54) is 4.90 Å². The van der Waals surface area contributed by atoms with Crippen LogP contribution in [0.25, 0.3) is 10.8 Å². The molecule has 2 aliphatic rings. The van der Waals surface area contributed by atoms with Gasteiger partial charge in [0.05, 0.1) is 5.69 Å². The number of amides is 3. The van der Waals surface area contributed by atoms with E-state index in [-0.39, 0.29) is 36.9 Å².